The largest absolute Gasteiger partial charge is 0.316 e. The molecular weight excluding hydrogens is 258 g/mol. The van der Waals surface area contributed by atoms with Crippen LogP contribution >= 0.6 is 0 Å². The van der Waals surface area contributed by atoms with Crippen molar-refractivity contribution in [2.75, 3.05) is 13.1 Å². The van der Waals surface area contributed by atoms with Gasteiger partial charge in [0, 0.05) is 23.9 Å². The van der Waals surface area contributed by atoms with Gasteiger partial charge >= 0.3 is 0 Å². The van der Waals surface area contributed by atoms with Crippen molar-refractivity contribution in [1.29, 1.82) is 0 Å². The van der Waals surface area contributed by atoms with Crippen LogP contribution in [0.3, 0.4) is 0 Å². The molecule has 1 aliphatic rings. The van der Waals surface area contributed by atoms with Crippen LogP contribution in [0.4, 0.5) is 0 Å². The molecule has 3 heteroatoms. The van der Waals surface area contributed by atoms with Crippen molar-refractivity contribution in [3.63, 3.8) is 0 Å². The molecule has 0 spiro atoms. The second-order valence-electron chi connectivity index (χ2n) is 6.83. The van der Waals surface area contributed by atoms with Gasteiger partial charge in [-0.3, -0.25) is 0 Å². The molecule has 1 unspecified atom stereocenters. The smallest absolute Gasteiger partial charge is 0.131 e. The number of aromatic nitrogens is 2. The Kier molecular flexibility index (Phi) is 5.74. The highest BCUT2D eigenvalue weighted by molar-refractivity contribution is 5.29. The zero-order chi connectivity index (χ0) is 15.4. The average Bonchev–Trinajstić information content (AvgIpc) is 2.45. The Bertz CT molecular complexity index is 439. The zero-order valence-corrected chi connectivity index (χ0v) is 14.4. The van der Waals surface area contributed by atoms with E-state index in [1.165, 1.54) is 42.6 Å². The van der Waals surface area contributed by atoms with Crippen molar-refractivity contribution in [3.8, 4) is 0 Å². The van der Waals surface area contributed by atoms with Crippen molar-refractivity contribution in [1.82, 2.24) is 15.3 Å². The highest BCUT2D eigenvalue weighted by Crippen LogP contribution is 2.34. The van der Waals surface area contributed by atoms with E-state index in [-0.39, 0.29) is 0 Å². The number of hydrogen-bond acceptors (Lipinski definition) is 3. The third-order valence-corrected chi connectivity index (χ3v) is 4.92. The van der Waals surface area contributed by atoms with Crippen LogP contribution in [0, 0.1) is 19.8 Å². The molecule has 1 atom stereocenters. The second kappa shape index (κ2) is 7.35. The van der Waals surface area contributed by atoms with Gasteiger partial charge in [0.25, 0.3) is 0 Å². The van der Waals surface area contributed by atoms with Crippen LogP contribution in [0.2, 0.25) is 0 Å². The van der Waals surface area contributed by atoms with Crippen molar-refractivity contribution >= 4 is 0 Å². The van der Waals surface area contributed by atoms with Crippen molar-refractivity contribution in [3.05, 3.63) is 22.8 Å². The molecule has 1 N–H and O–H groups in total. The van der Waals surface area contributed by atoms with Gasteiger partial charge in [0.2, 0.25) is 0 Å². The number of nitrogens with zero attached hydrogens (tertiary/aromatic N) is 2. The quantitative estimate of drug-likeness (QED) is 0.887. The van der Waals surface area contributed by atoms with Crippen molar-refractivity contribution in [2.24, 2.45) is 5.92 Å². The van der Waals surface area contributed by atoms with Crippen LogP contribution in [0.25, 0.3) is 0 Å². The van der Waals surface area contributed by atoms with Gasteiger partial charge in [-0.15, -0.1) is 0 Å². The van der Waals surface area contributed by atoms with Gasteiger partial charge in [-0.25, -0.2) is 9.97 Å². The molecule has 0 radical (unpaired) electrons. The maximum atomic E-state index is 4.87. The third kappa shape index (κ3) is 4.03. The lowest BCUT2D eigenvalue weighted by molar-refractivity contribution is 0.339. The fourth-order valence-electron chi connectivity index (χ4n) is 3.63. The van der Waals surface area contributed by atoms with Crippen LogP contribution in [0.1, 0.15) is 81.1 Å². The highest BCUT2D eigenvalue weighted by atomic mass is 14.9. The molecule has 21 heavy (non-hydrogen) atoms. The molecular formula is C18H31N3. The molecule has 1 aliphatic carbocycles. The van der Waals surface area contributed by atoms with E-state index in [1.807, 2.05) is 0 Å². The molecule has 0 amide bonds. The van der Waals surface area contributed by atoms with E-state index in [1.54, 1.807) is 0 Å². The number of rotatable bonds is 5. The van der Waals surface area contributed by atoms with Gasteiger partial charge in [0.15, 0.2) is 0 Å². The van der Waals surface area contributed by atoms with E-state index in [0.717, 1.165) is 24.8 Å². The summed E-state index contributed by atoms with van der Waals surface area (Å²) in [6.07, 6.45) is 5.16. The predicted octanol–water partition coefficient (Wildman–Crippen LogP) is 4.10. The first-order valence-electron chi connectivity index (χ1n) is 8.58. The SMILES string of the molecule is CCNCC(C)c1c(C)nc(C2CCC(C)CC2)nc1C. The first-order chi connectivity index (χ1) is 10.0. The summed E-state index contributed by atoms with van der Waals surface area (Å²) < 4.78 is 0. The van der Waals surface area contributed by atoms with Crippen LogP contribution in [-0.4, -0.2) is 23.1 Å². The Morgan fingerprint density at radius 1 is 1.10 bits per heavy atom. The molecule has 1 heterocycles. The average molecular weight is 289 g/mol. The third-order valence-electron chi connectivity index (χ3n) is 4.92. The van der Waals surface area contributed by atoms with Crippen molar-refractivity contribution in [2.45, 2.75) is 72.1 Å². The molecule has 0 bridgehead atoms. The lowest BCUT2D eigenvalue weighted by atomic mass is 9.82. The van der Waals surface area contributed by atoms with Gasteiger partial charge in [-0.05, 0) is 50.6 Å². The normalized spacial score (nSPS) is 24.0. The minimum absolute atomic E-state index is 0.477. The van der Waals surface area contributed by atoms with E-state index in [9.17, 15) is 0 Å². The van der Waals surface area contributed by atoms with Crippen LogP contribution in [0.5, 0.6) is 0 Å². The Morgan fingerprint density at radius 3 is 2.19 bits per heavy atom. The molecule has 0 saturated heterocycles. The topological polar surface area (TPSA) is 37.8 Å². The predicted molar refractivity (Wildman–Crippen MR) is 88.8 cm³/mol. The van der Waals surface area contributed by atoms with E-state index >= 15 is 0 Å². The standard InChI is InChI=1S/C18H31N3/c1-6-19-11-13(3)17-14(4)20-18(21-15(17)5)16-9-7-12(2)8-10-16/h12-13,16,19H,6-11H2,1-5H3. The number of hydrogen-bond donors (Lipinski definition) is 1. The number of likely N-dealkylation sites (N-methyl/N-ethyl adjacent to an activating group) is 1. The molecule has 3 nitrogen and oxygen atoms in total. The van der Waals surface area contributed by atoms with E-state index in [2.05, 4.69) is 39.9 Å². The first-order valence-corrected chi connectivity index (χ1v) is 8.58. The summed E-state index contributed by atoms with van der Waals surface area (Å²) in [5, 5.41) is 3.43. The fourth-order valence-corrected chi connectivity index (χ4v) is 3.63. The summed E-state index contributed by atoms with van der Waals surface area (Å²) >= 11 is 0. The van der Waals surface area contributed by atoms with Gasteiger partial charge in [0.05, 0.1) is 0 Å². The van der Waals surface area contributed by atoms with Gasteiger partial charge in [-0.1, -0.05) is 33.6 Å². The molecule has 1 aromatic rings. The molecule has 0 aliphatic heterocycles. The molecule has 1 fully saturated rings. The Hall–Kier alpha value is -0.960. The van der Waals surface area contributed by atoms with Crippen LogP contribution in [0.15, 0.2) is 0 Å². The Morgan fingerprint density at radius 2 is 1.67 bits per heavy atom. The van der Waals surface area contributed by atoms with Crippen LogP contribution in [-0.2, 0) is 0 Å². The minimum atomic E-state index is 0.477. The summed E-state index contributed by atoms with van der Waals surface area (Å²) in [5.41, 5.74) is 3.70. The highest BCUT2D eigenvalue weighted by Gasteiger charge is 2.24. The summed E-state index contributed by atoms with van der Waals surface area (Å²) in [6, 6.07) is 0. The lowest BCUT2D eigenvalue weighted by Gasteiger charge is -2.26. The summed E-state index contributed by atoms with van der Waals surface area (Å²) in [4.78, 5) is 9.75. The van der Waals surface area contributed by atoms with Gasteiger partial charge < -0.3 is 5.32 Å². The first kappa shape index (κ1) is 16.4. The summed E-state index contributed by atoms with van der Waals surface area (Å²) in [7, 11) is 0. The fraction of sp³-hybridized carbons (Fsp3) is 0.778. The maximum Gasteiger partial charge on any atom is 0.131 e. The van der Waals surface area contributed by atoms with E-state index in [0.29, 0.717) is 11.8 Å². The van der Waals surface area contributed by atoms with Gasteiger partial charge in [-0.2, -0.15) is 0 Å². The monoisotopic (exact) mass is 289 g/mol. The van der Waals surface area contributed by atoms with E-state index in [4.69, 9.17) is 9.97 Å². The number of aryl methyl sites for hydroxylation is 2. The maximum absolute atomic E-state index is 4.87. The summed E-state index contributed by atoms with van der Waals surface area (Å²) in [5.74, 6) is 3.03. The lowest BCUT2D eigenvalue weighted by Crippen LogP contribution is -2.22. The zero-order valence-electron chi connectivity index (χ0n) is 14.4. The molecule has 118 valence electrons. The Balaban J connectivity index is 2.16. The molecule has 1 aromatic heterocycles. The van der Waals surface area contributed by atoms with Crippen molar-refractivity contribution < 1.29 is 0 Å². The molecule has 2 rings (SSSR count). The number of nitrogens with one attached hydrogen (secondary N) is 1. The van der Waals surface area contributed by atoms with E-state index < -0.39 is 0 Å². The minimum Gasteiger partial charge on any atom is -0.316 e. The molecule has 1 saturated carbocycles. The van der Waals surface area contributed by atoms with Crippen LogP contribution < -0.4 is 5.32 Å². The van der Waals surface area contributed by atoms with Gasteiger partial charge in [0.1, 0.15) is 5.82 Å². The summed E-state index contributed by atoms with van der Waals surface area (Å²) in [6.45, 7) is 13.1. The Labute approximate surface area is 130 Å². The second-order valence-corrected chi connectivity index (χ2v) is 6.83. The molecule has 0 aromatic carbocycles.